The van der Waals surface area contributed by atoms with Crippen LogP contribution in [0.15, 0.2) is 54.6 Å². The van der Waals surface area contributed by atoms with Gasteiger partial charge in [-0.2, -0.15) is 0 Å². The number of ether oxygens (including phenoxy) is 1. The molecule has 4 aliphatic heterocycles. The van der Waals surface area contributed by atoms with Gasteiger partial charge in [0.1, 0.15) is 6.04 Å². The fourth-order valence-corrected chi connectivity index (χ4v) is 9.14. The Bertz CT molecular complexity index is 1120. The Morgan fingerprint density at radius 1 is 1.05 bits per heavy atom. The Kier molecular flexibility index (Phi) is 6.65. The predicted molar refractivity (Wildman–Crippen MR) is 140 cm³/mol. The van der Waals surface area contributed by atoms with Crippen LogP contribution >= 0.6 is 11.8 Å². The third-order valence-electron chi connectivity index (χ3n) is 8.80. The molecule has 3 fully saturated rings. The summed E-state index contributed by atoms with van der Waals surface area (Å²) in [5.74, 6) is -2.09. The van der Waals surface area contributed by atoms with Crippen LogP contribution < -0.4 is 0 Å². The molecule has 1 aliphatic carbocycles. The predicted octanol–water partition coefficient (Wildman–Crippen LogP) is 3.25. The average Bonchev–Trinajstić information content (AvgIpc) is 3.29. The van der Waals surface area contributed by atoms with Gasteiger partial charge in [0, 0.05) is 17.8 Å². The molecule has 1 aromatic rings. The van der Waals surface area contributed by atoms with E-state index in [1.165, 1.54) is 6.42 Å². The zero-order valence-corrected chi connectivity index (χ0v) is 21.7. The lowest BCUT2D eigenvalue weighted by Crippen LogP contribution is -2.56. The highest BCUT2D eigenvalue weighted by atomic mass is 32.2. The number of carbonyl (C=O) groups is 3. The van der Waals surface area contributed by atoms with E-state index in [9.17, 15) is 19.5 Å². The van der Waals surface area contributed by atoms with Crippen LogP contribution in [-0.2, 0) is 19.1 Å². The summed E-state index contributed by atoms with van der Waals surface area (Å²) in [7, 11) is 0. The van der Waals surface area contributed by atoms with Gasteiger partial charge in [-0.3, -0.25) is 14.4 Å². The summed E-state index contributed by atoms with van der Waals surface area (Å²) in [6, 6.07) is 8.07. The van der Waals surface area contributed by atoms with Crippen molar-refractivity contribution in [1.29, 1.82) is 0 Å². The van der Waals surface area contributed by atoms with E-state index in [0.717, 1.165) is 31.2 Å². The lowest BCUT2D eigenvalue weighted by Gasteiger charge is -2.41. The van der Waals surface area contributed by atoms with Crippen LogP contribution in [0.5, 0.6) is 0 Å². The number of amides is 2. The van der Waals surface area contributed by atoms with Crippen molar-refractivity contribution in [3.63, 3.8) is 0 Å². The monoisotopic (exact) mass is 522 g/mol. The maximum Gasteiger partial charge on any atom is 0.311 e. The van der Waals surface area contributed by atoms with E-state index in [1.807, 2.05) is 59.5 Å². The number of hydrogen-bond acceptors (Lipinski definition) is 6. The molecule has 1 aromatic carbocycles. The maximum absolute atomic E-state index is 14.6. The fourth-order valence-electron chi connectivity index (χ4n) is 7.15. The van der Waals surface area contributed by atoms with Gasteiger partial charge in [0.05, 0.1) is 35.8 Å². The number of aliphatic hydroxyl groups excluding tert-OH is 1. The molecule has 2 amide bonds. The first kappa shape index (κ1) is 24.7. The van der Waals surface area contributed by atoms with Gasteiger partial charge < -0.3 is 19.6 Å². The molecular weight excluding hydrogens is 488 g/mol. The molecule has 8 heteroatoms. The van der Waals surface area contributed by atoms with Crippen LogP contribution in [0.25, 0.3) is 0 Å². The lowest BCUT2D eigenvalue weighted by molar-refractivity contribution is -0.153. The zero-order chi connectivity index (χ0) is 25.6. The number of thioether (sulfide) groups is 1. The molecule has 0 aromatic heterocycles. The second-order valence-electron chi connectivity index (χ2n) is 10.8. The topological polar surface area (TPSA) is 87.2 Å². The Morgan fingerprint density at radius 3 is 2.59 bits per heavy atom. The first-order chi connectivity index (χ1) is 18.1. The SMILES string of the molecule is O=C1OCCC=C[C@H]2S[C@]34C=CCN(C5CCCCC5)C(=O)C3N([C@H](CO)c3ccccc3)C(=O)[C@@H]4[C@@H]12. The molecule has 37 heavy (non-hydrogen) atoms. The van der Waals surface area contributed by atoms with Gasteiger partial charge in [0.25, 0.3) is 0 Å². The molecule has 6 atom stereocenters. The summed E-state index contributed by atoms with van der Waals surface area (Å²) in [4.78, 5) is 45.9. The van der Waals surface area contributed by atoms with Crippen LogP contribution in [0.4, 0.5) is 0 Å². The van der Waals surface area contributed by atoms with Crippen molar-refractivity contribution in [3.05, 3.63) is 60.2 Å². The van der Waals surface area contributed by atoms with Crippen molar-refractivity contribution >= 4 is 29.5 Å². The van der Waals surface area contributed by atoms with E-state index >= 15 is 0 Å². The highest BCUT2D eigenvalue weighted by molar-refractivity contribution is 8.02. The number of likely N-dealkylation sites (tertiary alicyclic amines) is 1. The molecule has 1 N–H and O–H groups in total. The molecule has 2 saturated heterocycles. The first-order valence-corrected chi connectivity index (χ1v) is 14.4. The maximum atomic E-state index is 14.6. The summed E-state index contributed by atoms with van der Waals surface area (Å²) in [5.41, 5.74) is 0.778. The molecule has 1 saturated carbocycles. The third-order valence-corrected chi connectivity index (χ3v) is 10.5. The van der Waals surface area contributed by atoms with Gasteiger partial charge in [-0.25, -0.2) is 0 Å². The van der Waals surface area contributed by atoms with Crippen LogP contribution in [0, 0.1) is 11.8 Å². The minimum absolute atomic E-state index is 0.0683. The van der Waals surface area contributed by atoms with Crippen LogP contribution in [-0.4, -0.2) is 74.5 Å². The number of aliphatic hydroxyl groups is 1. The average molecular weight is 523 g/mol. The van der Waals surface area contributed by atoms with Crippen molar-refractivity contribution in [2.45, 2.75) is 66.6 Å². The molecule has 6 rings (SSSR count). The first-order valence-electron chi connectivity index (χ1n) is 13.5. The third kappa shape index (κ3) is 3.95. The molecule has 1 spiro atoms. The Labute approximate surface area is 221 Å². The van der Waals surface area contributed by atoms with E-state index < -0.39 is 28.7 Å². The second-order valence-corrected chi connectivity index (χ2v) is 12.3. The minimum Gasteiger partial charge on any atom is -0.465 e. The number of cyclic esters (lactones) is 1. The molecule has 0 bridgehead atoms. The number of esters is 1. The Morgan fingerprint density at radius 2 is 1.84 bits per heavy atom. The van der Waals surface area contributed by atoms with Gasteiger partial charge in [0.15, 0.2) is 0 Å². The zero-order valence-electron chi connectivity index (χ0n) is 20.9. The quantitative estimate of drug-likeness (QED) is 0.483. The van der Waals surface area contributed by atoms with E-state index in [4.69, 9.17) is 4.74 Å². The van der Waals surface area contributed by atoms with E-state index in [-0.39, 0.29) is 42.3 Å². The highest BCUT2D eigenvalue weighted by Crippen LogP contribution is 2.62. The summed E-state index contributed by atoms with van der Waals surface area (Å²) < 4.78 is 4.67. The second kappa shape index (κ2) is 9.95. The summed E-state index contributed by atoms with van der Waals surface area (Å²) in [6.45, 7) is 0.484. The number of benzene rings is 1. The highest BCUT2D eigenvalue weighted by Gasteiger charge is 2.72. The van der Waals surface area contributed by atoms with E-state index in [1.54, 1.807) is 16.7 Å². The lowest BCUT2D eigenvalue weighted by atomic mass is 9.78. The van der Waals surface area contributed by atoms with E-state index in [0.29, 0.717) is 13.0 Å². The van der Waals surface area contributed by atoms with Gasteiger partial charge >= 0.3 is 5.97 Å². The number of rotatable bonds is 4. The number of nitrogens with zero attached hydrogens (tertiary/aromatic N) is 2. The Hall–Kier alpha value is -2.58. The summed E-state index contributed by atoms with van der Waals surface area (Å²) >= 11 is 1.55. The van der Waals surface area contributed by atoms with Gasteiger partial charge in [-0.1, -0.05) is 73.9 Å². The minimum atomic E-state index is -0.900. The number of hydrogen-bond donors (Lipinski definition) is 1. The smallest absolute Gasteiger partial charge is 0.311 e. The van der Waals surface area contributed by atoms with Gasteiger partial charge in [0.2, 0.25) is 11.8 Å². The standard InChI is InChI=1S/C29H34N2O5S/c32-18-21(19-10-3-1-4-11-19)31-25-27(34)30(20-12-5-2-6-13-20)16-9-15-29(25)24(26(31)33)23-22(37-29)14-7-8-17-36-28(23)35/h1,3-4,7,9-11,14-15,20-25,32H,2,5-6,8,12-13,16-18H2/t21-,22-,23+,24+,25?,29+/m1/s1. The largest absolute Gasteiger partial charge is 0.465 e. The molecular formula is C29H34N2O5S. The van der Waals surface area contributed by atoms with Crippen molar-refractivity contribution in [2.24, 2.45) is 11.8 Å². The van der Waals surface area contributed by atoms with E-state index in [2.05, 4.69) is 0 Å². The van der Waals surface area contributed by atoms with Gasteiger partial charge in [-0.05, 0) is 24.8 Å². The summed E-state index contributed by atoms with van der Waals surface area (Å²) in [6.07, 6.45) is 14.1. The molecule has 4 heterocycles. The van der Waals surface area contributed by atoms with Gasteiger partial charge in [-0.15, -0.1) is 11.8 Å². The molecule has 0 radical (unpaired) electrons. The number of fused-ring (bicyclic) bond motifs is 2. The fraction of sp³-hybridized carbons (Fsp3) is 0.552. The normalized spacial score (nSPS) is 34.8. The molecule has 1 unspecified atom stereocenters. The van der Waals surface area contributed by atoms with Crippen LogP contribution in [0.1, 0.15) is 50.1 Å². The van der Waals surface area contributed by atoms with Crippen molar-refractivity contribution in [3.8, 4) is 0 Å². The summed E-state index contributed by atoms with van der Waals surface area (Å²) in [5, 5.41) is 10.4. The number of carbonyl (C=O) groups excluding carboxylic acids is 3. The van der Waals surface area contributed by atoms with Crippen LogP contribution in [0.3, 0.4) is 0 Å². The van der Waals surface area contributed by atoms with Crippen molar-refractivity contribution in [2.75, 3.05) is 19.8 Å². The van der Waals surface area contributed by atoms with Crippen molar-refractivity contribution in [1.82, 2.24) is 9.80 Å². The molecule has 7 nitrogen and oxygen atoms in total. The Balaban J connectivity index is 1.48. The van der Waals surface area contributed by atoms with Crippen LogP contribution in [0.2, 0.25) is 0 Å². The molecule has 196 valence electrons. The molecule has 5 aliphatic rings. The van der Waals surface area contributed by atoms with Crippen molar-refractivity contribution < 1.29 is 24.2 Å².